The van der Waals surface area contributed by atoms with Crippen molar-refractivity contribution in [3.8, 4) is 5.75 Å². The topological polar surface area (TPSA) is 125 Å². The number of carbonyl (C=O) groups excluding carboxylic acids is 1. The number of aliphatic hydroxyl groups excluding tert-OH is 1. The zero-order valence-corrected chi connectivity index (χ0v) is 16.4. The average Bonchev–Trinajstić information content (AvgIpc) is 2.72. The molecule has 0 aliphatic rings. The van der Waals surface area contributed by atoms with Gasteiger partial charge in [0.25, 0.3) is 11.5 Å². The molecule has 1 heterocycles. The number of halogens is 1. The molecule has 2 rings (SSSR count). The van der Waals surface area contributed by atoms with Gasteiger partial charge in [-0.15, -0.1) is 0 Å². The maximum atomic E-state index is 13.0. The minimum absolute atomic E-state index is 0.0889. The van der Waals surface area contributed by atoms with E-state index in [1.54, 1.807) is 0 Å². The van der Waals surface area contributed by atoms with E-state index in [4.69, 9.17) is 4.74 Å². The van der Waals surface area contributed by atoms with Gasteiger partial charge in [-0.1, -0.05) is 19.1 Å². The molecule has 2 unspecified atom stereocenters. The highest BCUT2D eigenvalue weighted by atomic mass is 19.1. The molecule has 8 nitrogen and oxygen atoms in total. The van der Waals surface area contributed by atoms with Crippen molar-refractivity contribution in [2.24, 2.45) is 0 Å². The SMILES string of the molecule is CCC(CCC(CO)OC)c1nc(C(=O)NCc2ccc(F)cc2)c(O)c(=O)[nH]1. The van der Waals surface area contributed by atoms with E-state index in [0.29, 0.717) is 24.8 Å². The third-order valence-corrected chi connectivity index (χ3v) is 4.75. The molecule has 0 saturated carbocycles. The lowest BCUT2D eigenvalue weighted by Gasteiger charge is -2.18. The molecule has 0 bridgehead atoms. The minimum atomic E-state index is -0.800. The number of nitrogens with one attached hydrogen (secondary N) is 2. The minimum Gasteiger partial charge on any atom is -0.501 e. The number of aromatic hydroxyl groups is 1. The molecule has 0 aliphatic carbocycles. The third-order valence-electron chi connectivity index (χ3n) is 4.75. The van der Waals surface area contributed by atoms with E-state index in [1.165, 1.54) is 31.4 Å². The lowest BCUT2D eigenvalue weighted by Crippen LogP contribution is -2.28. The van der Waals surface area contributed by atoms with Crippen molar-refractivity contribution in [2.75, 3.05) is 13.7 Å². The second-order valence-corrected chi connectivity index (χ2v) is 6.68. The Morgan fingerprint density at radius 3 is 2.59 bits per heavy atom. The largest absolute Gasteiger partial charge is 0.501 e. The van der Waals surface area contributed by atoms with Gasteiger partial charge in [0.05, 0.1) is 12.7 Å². The Bertz CT molecular complexity index is 865. The number of hydrogen-bond acceptors (Lipinski definition) is 6. The molecule has 1 aromatic carbocycles. The van der Waals surface area contributed by atoms with E-state index in [1.807, 2.05) is 6.92 Å². The first kappa shape index (κ1) is 22.5. The van der Waals surface area contributed by atoms with Crippen LogP contribution in [0.3, 0.4) is 0 Å². The Morgan fingerprint density at radius 2 is 2.00 bits per heavy atom. The van der Waals surface area contributed by atoms with Crippen LogP contribution in [-0.4, -0.2) is 45.9 Å². The van der Waals surface area contributed by atoms with E-state index in [2.05, 4.69) is 15.3 Å². The zero-order valence-electron chi connectivity index (χ0n) is 16.4. The lowest BCUT2D eigenvalue weighted by molar-refractivity contribution is 0.0404. The van der Waals surface area contributed by atoms with Gasteiger partial charge in [-0.25, -0.2) is 9.37 Å². The summed E-state index contributed by atoms with van der Waals surface area (Å²) in [5.41, 5.74) is -0.508. The van der Waals surface area contributed by atoms with Crippen LogP contribution in [0.4, 0.5) is 4.39 Å². The fraction of sp³-hybridized carbons (Fsp3) is 0.450. The molecular formula is C20H26FN3O5. The first-order valence-corrected chi connectivity index (χ1v) is 9.39. The molecule has 2 aromatic rings. The Hall–Kier alpha value is -2.78. The van der Waals surface area contributed by atoms with Crippen molar-refractivity contribution in [1.29, 1.82) is 0 Å². The van der Waals surface area contributed by atoms with Crippen molar-refractivity contribution in [2.45, 2.75) is 44.8 Å². The fourth-order valence-corrected chi connectivity index (χ4v) is 2.91. The fourth-order valence-electron chi connectivity index (χ4n) is 2.91. The van der Waals surface area contributed by atoms with Gasteiger partial charge in [-0.3, -0.25) is 9.59 Å². The molecule has 9 heteroatoms. The van der Waals surface area contributed by atoms with E-state index >= 15 is 0 Å². The molecule has 2 atom stereocenters. The van der Waals surface area contributed by atoms with Crippen LogP contribution in [0.15, 0.2) is 29.1 Å². The van der Waals surface area contributed by atoms with E-state index in [-0.39, 0.29) is 42.5 Å². The van der Waals surface area contributed by atoms with Gasteiger partial charge in [0.2, 0.25) is 5.75 Å². The highest BCUT2D eigenvalue weighted by Gasteiger charge is 2.22. The third kappa shape index (κ3) is 6.10. The zero-order chi connectivity index (χ0) is 21.4. The monoisotopic (exact) mass is 407 g/mol. The van der Waals surface area contributed by atoms with Crippen LogP contribution in [0.25, 0.3) is 0 Å². The number of carbonyl (C=O) groups is 1. The van der Waals surface area contributed by atoms with Crippen LogP contribution in [-0.2, 0) is 11.3 Å². The van der Waals surface area contributed by atoms with Crippen molar-refractivity contribution in [1.82, 2.24) is 15.3 Å². The number of ether oxygens (including phenoxy) is 1. The molecule has 0 radical (unpaired) electrons. The van der Waals surface area contributed by atoms with Crippen LogP contribution in [0.1, 0.15) is 54.0 Å². The summed E-state index contributed by atoms with van der Waals surface area (Å²) in [7, 11) is 1.51. The molecular weight excluding hydrogens is 381 g/mol. The van der Waals surface area contributed by atoms with Crippen molar-refractivity contribution >= 4 is 5.91 Å². The highest BCUT2D eigenvalue weighted by Crippen LogP contribution is 2.24. The van der Waals surface area contributed by atoms with Crippen LogP contribution >= 0.6 is 0 Å². The van der Waals surface area contributed by atoms with Gasteiger partial charge < -0.3 is 25.3 Å². The summed E-state index contributed by atoms with van der Waals surface area (Å²) in [6.07, 6.45) is 1.42. The summed E-state index contributed by atoms with van der Waals surface area (Å²) in [6.45, 7) is 1.88. The molecule has 1 amide bonds. The van der Waals surface area contributed by atoms with Crippen LogP contribution in [0, 0.1) is 5.82 Å². The second kappa shape index (κ2) is 10.7. The van der Waals surface area contributed by atoms with E-state index in [0.717, 1.165) is 0 Å². The average molecular weight is 407 g/mol. The predicted molar refractivity (Wildman–Crippen MR) is 104 cm³/mol. The number of aromatic nitrogens is 2. The molecule has 0 saturated heterocycles. The van der Waals surface area contributed by atoms with Gasteiger partial charge in [0.15, 0.2) is 5.69 Å². The molecule has 158 valence electrons. The summed E-state index contributed by atoms with van der Waals surface area (Å²) >= 11 is 0. The molecule has 4 N–H and O–H groups in total. The van der Waals surface area contributed by atoms with Gasteiger partial charge >= 0.3 is 0 Å². The number of nitrogens with zero attached hydrogens (tertiary/aromatic N) is 1. The maximum absolute atomic E-state index is 13.0. The number of aliphatic hydroxyl groups is 1. The van der Waals surface area contributed by atoms with Gasteiger partial charge in [-0.2, -0.15) is 0 Å². The van der Waals surface area contributed by atoms with Crippen LogP contribution in [0.2, 0.25) is 0 Å². The number of benzene rings is 1. The maximum Gasteiger partial charge on any atom is 0.293 e. The number of hydrogen-bond donors (Lipinski definition) is 4. The Kier molecular flexibility index (Phi) is 8.29. The van der Waals surface area contributed by atoms with Crippen molar-refractivity contribution < 1.29 is 24.1 Å². The number of rotatable bonds is 10. The van der Waals surface area contributed by atoms with Crippen LogP contribution < -0.4 is 10.9 Å². The Labute approximate surface area is 167 Å². The number of H-pyrrole nitrogens is 1. The first-order chi connectivity index (χ1) is 13.9. The van der Waals surface area contributed by atoms with E-state index in [9.17, 15) is 24.2 Å². The first-order valence-electron chi connectivity index (χ1n) is 9.39. The molecule has 0 spiro atoms. The molecule has 0 aliphatic heterocycles. The normalized spacial score (nSPS) is 13.1. The predicted octanol–water partition coefficient (Wildman–Crippen LogP) is 1.83. The number of methoxy groups -OCH3 is 1. The standard InChI is InChI=1S/C20H26FN3O5/c1-3-13(6-9-15(11-25)29-2)18-23-16(17(26)20(28)24-18)19(27)22-10-12-4-7-14(21)8-5-12/h4-5,7-8,13,15,25-26H,3,6,9-11H2,1-2H3,(H,22,27)(H,23,24,28). The highest BCUT2D eigenvalue weighted by molar-refractivity contribution is 5.94. The molecule has 1 aromatic heterocycles. The number of amides is 1. The van der Waals surface area contributed by atoms with Crippen molar-refractivity contribution in [3.63, 3.8) is 0 Å². The molecule has 29 heavy (non-hydrogen) atoms. The van der Waals surface area contributed by atoms with Gasteiger partial charge in [0.1, 0.15) is 11.6 Å². The summed E-state index contributed by atoms with van der Waals surface area (Å²) in [5, 5.41) is 21.8. The Morgan fingerprint density at radius 1 is 1.31 bits per heavy atom. The quantitative estimate of drug-likeness (QED) is 0.476. The summed E-state index contributed by atoms with van der Waals surface area (Å²) in [4.78, 5) is 31.3. The van der Waals surface area contributed by atoms with Crippen molar-refractivity contribution in [3.05, 3.63) is 57.5 Å². The summed E-state index contributed by atoms with van der Waals surface area (Å²) in [6, 6.07) is 5.58. The second-order valence-electron chi connectivity index (χ2n) is 6.68. The van der Waals surface area contributed by atoms with Gasteiger partial charge in [0, 0.05) is 19.6 Å². The van der Waals surface area contributed by atoms with E-state index < -0.39 is 17.2 Å². The lowest BCUT2D eigenvalue weighted by atomic mass is 9.97. The van der Waals surface area contributed by atoms with Crippen LogP contribution in [0.5, 0.6) is 5.75 Å². The smallest absolute Gasteiger partial charge is 0.293 e. The van der Waals surface area contributed by atoms with Gasteiger partial charge in [-0.05, 0) is 37.0 Å². The summed E-state index contributed by atoms with van der Waals surface area (Å²) < 4.78 is 18.1. The Balaban J connectivity index is 2.17. The number of aromatic amines is 1. The summed E-state index contributed by atoms with van der Waals surface area (Å²) in [5.74, 6) is -1.75. The molecule has 0 fully saturated rings.